The molecule has 0 aromatic rings. The van der Waals surface area contributed by atoms with Gasteiger partial charge in [0.2, 0.25) is 5.91 Å². The second kappa shape index (κ2) is 5.84. The standard InChI is InChI=1S/C11H22N2O3/c1-5-6-7(12)9(14)13-8(10(15)16)11(2,3)4/h7-8H,5-6,12H2,1-4H3,(H,13,14)(H,15,16)/t7-,8?/m0/s1. The number of amides is 1. The number of rotatable bonds is 5. The zero-order valence-electron chi connectivity index (χ0n) is 10.4. The molecule has 0 aliphatic carbocycles. The van der Waals surface area contributed by atoms with Crippen LogP contribution in [-0.4, -0.2) is 29.1 Å². The van der Waals surface area contributed by atoms with Gasteiger partial charge >= 0.3 is 5.97 Å². The molecule has 0 aliphatic heterocycles. The van der Waals surface area contributed by atoms with E-state index < -0.39 is 29.4 Å². The third kappa shape index (κ3) is 4.61. The zero-order chi connectivity index (χ0) is 12.9. The number of nitrogens with one attached hydrogen (secondary N) is 1. The summed E-state index contributed by atoms with van der Waals surface area (Å²) in [5.41, 5.74) is 5.08. The molecular weight excluding hydrogens is 208 g/mol. The number of carboxylic acid groups (broad SMARTS) is 1. The molecule has 0 aromatic heterocycles. The van der Waals surface area contributed by atoms with Gasteiger partial charge in [-0.15, -0.1) is 0 Å². The van der Waals surface area contributed by atoms with E-state index in [0.29, 0.717) is 6.42 Å². The Hall–Kier alpha value is -1.10. The number of carbonyl (C=O) groups is 2. The van der Waals surface area contributed by atoms with Gasteiger partial charge in [-0.2, -0.15) is 0 Å². The third-order valence-corrected chi connectivity index (χ3v) is 2.34. The van der Waals surface area contributed by atoms with E-state index in [-0.39, 0.29) is 0 Å². The molecule has 16 heavy (non-hydrogen) atoms. The van der Waals surface area contributed by atoms with Gasteiger partial charge in [-0.05, 0) is 11.8 Å². The van der Waals surface area contributed by atoms with Gasteiger partial charge in [-0.25, -0.2) is 4.79 Å². The lowest BCUT2D eigenvalue weighted by Crippen LogP contribution is -2.53. The highest BCUT2D eigenvalue weighted by Gasteiger charge is 2.33. The van der Waals surface area contributed by atoms with E-state index in [2.05, 4.69) is 5.32 Å². The van der Waals surface area contributed by atoms with Crippen LogP contribution in [0.15, 0.2) is 0 Å². The maximum absolute atomic E-state index is 11.6. The molecule has 0 saturated carbocycles. The Morgan fingerprint density at radius 1 is 1.38 bits per heavy atom. The van der Waals surface area contributed by atoms with Crippen molar-refractivity contribution in [3.63, 3.8) is 0 Å². The Bertz CT molecular complexity index is 258. The van der Waals surface area contributed by atoms with Gasteiger partial charge in [-0.1, -0.05) is 34.1 Å². The molecule has 0 aliphatic rings. The lowest BCUT2D eigenvalue weighted by molar-refractivity contribution is -0.145. The Kier molecular flexibility index (Phi) is 5.44. The highest BCUT2D eigenvalue weighted by molar-refractivity contribution is 5.87. The molecule has 1 amide bonds. The molecule has 2 atom stereocenters. The number of carboxylic acids is 1. The molecule has 0 bridgehead atoms. The predicted molar refractivity (Wildman–Crippen MR) is 61.9 cm³/mol. The summed E-state index contributed by atoms with van der Waals surface area (Å²) in [6, 6.07) is -1.54. The number of hydrogen-bond acceptors (Lipinski definition) is 3. The topological polar surface area (TPSA) is 92.4 Å². The Morgan fingerprint density at radius 2 is 1.88 bits per heavy atom. The van der Waals surface area contributed by atoms with E-state index in [1.807, 2.05) is 6.92 Å². The van der Waals surface area contributed by atoms with E-state index in [9.17, 15) is 9.59 Å². The average Bonchev–Trinajstić information content (AvgIpc) is 2.11. The second-order valence-corrected chi connectivity index (χ2v) is 5.04. The summed E-state index contributed by atoms with van der Waals surface area (Å²) in [5, 5.41) is 11.5. The van der Waals surface area contributed by atoms with E-state index >= 15 is 0 Å². The van der Waals surface area contributed by atoms with Crippen LogP contribution in [0.3, 0.4) is 0 Å². The molecule has 4 N–H and O–H groups in total. The first kappa shape index (κ1) is 14.9. The van der Waals surface area contributed by atoms with Crippen molar-refractivity contribution in [2.24, 2.45) is 11.1 Å². The lowest BCUT2D eigenvalue weighted by atomic mass is 9.86. The van der Waals surface area contributed by atoms with Crippen LogP contribution >= 0.6 is 0 Å². The summed E-state index contributed by atoms with van der Waals surface area (Å²) >= 11 is 0. The third-order valence-electron chi connectivity index (χ3n) is 2.34. The minimum atomic E-state index is -1.04. The van der Waals surface area contributed by atoms with Crippen molar-refractivity contribution in [1.29, 1.82) is 0 Å². The normalized spacial score (nSPS) is 15.3. The van der Waals surface area contributed by atoms with Crippen molar-refractivity contribution in [2.75, 3.05) is 0 Å². The van der Waals surface area contributed by atoms with Crippen LogP contribution in [-0.2, 0) is 9.59 Å². The van der Waals surface area contributed by atoms with Crippen molar-refractivity contribution in [2.45, 2.75) is 52.6 Å². The first-order valence-electron chi connectivity index (χ1n) is 5.49. The number of aliphatic carboxylic acids is 1. The van der Waals surface area contributed by atoms with Crippen molar-refractivity contribution in [3.8, 4) is 0 Å². The number of carbonyl (C=O) groups excluding carboxylic acids is 1. The molecule has 1 unspecified atom stereocenters. The molecule has 0 spiro atoms. The molecular formula is C11H22N2O3. The quantitative estimate of drug-likeness (QED) is 0.649. The molecule has 0 heterocycles. The van der Waals surface area contributed by atoms with Gasteiger partial charge in [0.15, 0.2) is 0 Å². The van der Waals surface area contributed by atoms with Gasteiger partial charge in [0.05, 0.1) is 6.04 Å². The van der Waals surface area contributed by atoms with Crippen molar-refractivity contribution < 1.29 is 14.7 Å². The van der Waals surface area contributed by atoms with E-state index in [0.717, 1.165) is 6.42 Å². The van der Waals surface area contributed by atoms with E-state index in [1.165, 1.54) is 0 Å². The van der Waals surface area contributed by atoms with Crippen molar-refractivity contribution in [3.05, 3.63) is 0 Å². The summed E-state index contributed by atoms with van der Waals surface area (Å²) in [5.74, 6) is -1.44. The summed E-state index contributed by atoms with van der Waals surface area (Å²) in [6.07, 6.45) is 1.35. The summed E-state index contributed by atoms with van der Waals surface area (Å²) in [4.78, 5) is 22.6. The average molecular weight is 230 g/mol. The molecule has 0 rings (SSSR count). The first-order chi connectivity index (χ1) is 7.20. The zero-order valence-corrected chi connectivity index (χ0v) is 10.4. The Balaban J connectivity index is 4.54. The van der Waals surface area contributed by atoms with Crippen LogP contribution in [0, 0.1) is 5.41 Å². The number of nitrogens with two attached hydrogens (primary N) is 1. The molecule has 0 fully saturated rings. The summed E-state index contributed by atoms with van der Waals surface area (Å²) < 4.78 is 0. The fraction of sp³-hybridized carbons (Fsp3) is 0.818. The van der Waals surface area contributed by atoms with Crippen molar-refractivity contribution >= 4 is 11.9 Å². The summed E-state index contributed by atoms with van der Waals surface area (Å²) in [7, 11) is 0. The molecule has 0 radical (unpaired) electrons. The van der Waals surface area contributed by atoms with Crippen LogP contribution in [0.5, 0.6) is 0 Å². The molecule has 0 aromatic carbocycles. The van der Waals surface area contributed by atoms with Crippen LogP contribution in [0.25, 0.3) is 0 Å². The van der Waals surface area contributed by atoms with Gasteiger partial charge in [0, 0.05) is 0 Å². The van der Waals surface area contributed by atoms with Crippen LogP contribution in [0.2, 0.25) is 0 Å². The summed E-state index contributed by atoms with van der Waals surface area (Å²) in [6.45, 7) is 7.21. The minimum Gasteiger partial charge on any atom is -0.480 e. The second-order valence-electron chi connectivity index (χ2n) is 5.04. The number of hydrogen-bond donors (Lipinski definition) is 3. The molecule has 94 valence electrons. The maximum atomic E-state index is 11.6. The smallest absolute Gasteiger partial charge is 0.326 e. The highest BCUT2D eigenvalue weighted by atomic mass is 16.4. The van der Waals surface area contributed by atoms with Crippen LogP contribution < -0.4 is 11.1 Å². The Morgan fingerprint density at radius 3 is 2.19 bits per heavy atom. The highest BCUT2D eigenvalue weighted by Crippen LogP contribution is 2.19. The van der Waals surface area contributed by atoms with Crippen molar-refractivity contribution in [1.82, 2.24) is 5.32 Å². The Labute approximate surface area is 96.4 Å². The molecule has 0 saturated heterocycles. The fourth-order valence-corrected chi connectivity index (χ4v) is 1.34. The van der Waals surface area contributed by atoms with Gasteiger partial charge in [0.1, 0.15) is 6.04 Å². The van der Waals surface area contributed by atoms with E-state index in [1.54, 1.807) is 20.8 Å². The van der Waals surface area contributed by atoms with Crippen LogP contribution in [0.1, 0.15) is 40.5 Å². The predicted octanol–water partition coefficient (Wildman–Crippen LogP) is 0.729. The van der Waals surface area contributed by atoms with Gasteiger partial charge < -0.3 is 16.2 Å². The largest absolute Gasteiger partial charge is 0.480 e. The van der Waals surface area contributed by atoms with Gasteiger partial charge in [0.25, 0.3) is 0 Å². The van der Waals surface area contributed by atoms with E-state index in [4.69, 9.17) is 10.8 Å². The molecule has 5 heteroatoms. The van der Waals surface area contributed by atoms with Gasteiger partial charge in [-0.3, -0.25) is 4.79 Å². The first-order valence-corrected chi connectivity index (χ1v) is 5.49. The SMILES string of the molecule is CCC[C@H](N)C(=O)NC(C(=O)O)C(C)(C)C. The van der Waals surface area contributed by atoms with Crippen LogP contribution in [0.4, 0.5) is 0 Å². The minimum absolute atomic E-state index is 0.399. The molecule has 5 nitrogen and oxygen atoms in total. The monoisotopic (exact) mass is 230 g/mol. The lowest BCUT2D eigenvalue weighted by Gasteiger charge is -2.28. The maximum Gasteiger partial charge on any atom is 0.326 e. The fourth-order valence-electron chi connectivity index (χ4n) is 1.34.